The standard InChI is InChI=1S/C17H16FN3O3S/c1-9-13-16(20-8-21(2)17(13)24)25-14(9)15(23)19-7-12(22)10-4-3-5-11(18)6-10/h3-6,8,12,22H,7H2,1-2H3,(H,19,23). The van der Waals surface area contributed by atoms with Crippen LogP contribution in [0.15, 0.2) is 35.4 Å². The van der Waals surface area contributed by atoms with Gasteiger partial charge in [0.1, 0.15) is 10.6 Å². The summed E-state index contributed by atoms with van der Waals surface area (Å²) >= 11 is 1.13. The molecule has 0 saturated carbocycles. The molecule has 2 heterocycles. The van der Waals surface area contributed by atoms with Crippen LogP contribution in [0.25, 0.3) is 10.2 Å². The van der Waals surface area contributed by atoms with E-state index in [1.54, 1.807) is 20.0 Å². The first-order valence-electron chi connectivity index (χ1n) is 7.55. The number of benzene rings is 1. The van der Waals surface area contributed by atoms with Gasteiger partial charge in [0, 0.05) is 13.6 Å². The van der Waals surface area contributed by atoms with E-state index >= 15 is 0 Å². The lowest BCUT2D eigenvalue weighted by atomic mass is 10.1. The van der Waals surface area contributed by atoms with Crippen LogP contribution in [0.2, 0.25) is 0 Å². The number of aliphatic hydroxyl groups is 1. The van der Waals surface area contributed by atoms with Crippen molar-refractivity contribution in [3.63, 3.8) is 0 Å². The molecule has 2 aromatic heterocycles. The largest absolute Gasteiger partial charge is 0.387 e. The summed E-state index contributed by atoms with van der Waals surface area (Å²) in [7, 11) is 1.60. The quantitative estimate of drug-likeness (QED) is 0.743. The Morgan fingerprint density at radius 3 is 2.96 bits per heavy atom. The summed E-state index contributed by atoms with van der Waals surface area (Å²) in [5.74, 6) is -0.858. The lowest BCUT2D eigenvalue weighted by Crippen LogP contribution is -2.28. The van der Waals surface area contributed by atoms with Crippen LogP contribution < -0.4 is 10.9 Å². The van der Waals surface area contributed by atoms with Crippen molar-refractivity contribution in [1.82, 2.24) is 14.9 Å². The van der Waals surface area contributed by atoms with E-state index < -0.39 is 17.8 Å². The van der Waals surface area contributed by atoms with E-state index in [-0.39, 0.29) is 12.1 Å². The van der Waals surface area contributed by atoms with Crippen LogP contribution in [-0.2, 0) is 7.05 Å². The van der Waals surface area contributed by atoms with Crippen molar-refractivity contribution in [2.45, 2.75) is 13.0 Å². The van der Waals surface area contributed by atoms with Crippen LogP contribution in [-0.4, -0.2) is 27.1 Å². The van der Waals surface area contributed by atoms with Gasteiger partial charge in [0.2, 0.25) is 0 Å². The zero-order valence-electron chi connectivity index (χ0n) is 13.6. The lowest BCUT2D eigenvalue weighted by molar-refractivity contribution is 0.0920. The molecular weight excluding hydrogens is 345 g/mol. The maximum absolute atomic E-state index is 13.2. The predicted molar refractivity (Wildman–Crippen MR) is 93.3 cm³/mol. The van der Waals surface area contributed by atoms with Gasteiger partial charge in [-0.15, -0.1) is 11.3 Å². The van der Waals surface area contributed by atoms with E-state index in [0.717, 1.165) is 11.3 Å². The van der Waals surface area contributed by atoms with Crippen molar-refractivity contribution in [3.05, 3.63) is 62.8 Å². The second kappa shape index (κ2) is 6.73. The molecule has 0 bridgehead atoms. The molecule has 0 spiro atoms. The molecule has 6 nitrogen and oxygen atoms in total. The third-order valence-electron chi connectivity index (χ3n) is 3.91. The lowest BCUT2D eigenvalue weighted by Gasteiger charge is -2.12. The molecule has 1 aromatic carbocycles. The first-order chi connectivity index (χ1) is 11.9. The Bertz CT molecular complexity index is 1010. The third-order valence-corrected chi connectivity index (χ3v) is 5.10. The number of carbonyl (C=O) groups is 1. The summed E-state index contributed by atoms with van der Waals surface area (Å²) in [6.07, 6.45) is 0.385. The van der Waals surface area contributed by atoms with Gasteiger partial charge < -0.3 is 15.0 Å². The van der Waals surface area contributed by atoms with Crippen LogP contribution in [0, 0.1) is 12.7 Å². The minimum Gasteiger partial charge on any atom is -0.387 e. The maximum atomic E-state index is 13.2. The number of aliphatic hydroxyl groups excluding tert-OH is 1. The number of nitrogens with zero attached hydrogens (tertiary/aromatic N) is 2. The summed E-state index contributed by atoms with van der Waals surface area (Å²) in [5.41, 5.74) is 0.730. The number of rotatable bonds is 4. The first kappa shape index (κ1) is 17.2. The fraction of sp³-hybridized carbons (Fsp3) is 0.235. The Kier molecular flexibility index (Phi) is 4.65. The molecule has 0 aliphatic carbocycles. The second-order valence-electron chi connectivity index (χ2n) is 5.68. The fourth-order valence-corrected chi connectivity index (χ4v) is 3.58. The maximum Gasteiger partial charge on any atom is 0.262 e. The molecule has 0 aliphatic rings. The normalized spacial score (nSPS) is 12.3. The van der Waals surface area contributed by atoms with Gasteiger partial charge in [-0.2, -0.15) is 0 Å². The highest BCUT2D eigenvalue weighted by molar-refractivity contribution is 7.20. The fourth-order valence-electron chi connectivity index (χ4n) is 2.53. The molecule has 25 heavy (non-hydrogen) atoms. The van der Waals surface area contributed by atoms with Crippen molar-refractivity contribution in [2.24, 2.45) is 7.05 Å². The van der Waals surface area contributed by atoms with Crippen molar-refractivity contribution in [1.29, 1.82) is 0 Å². The van der Waals surface area contributed by atoms with E-state index in [9.17, 15) is 19.1 Å². The van der Waals surface area contributed by atoms with E-state index in [1.807, 2.05) is 0 Å². The minimum atomic E-state index is -1.03. The molecular formula is C17H16FN3O3S. The Labute approximate surface area is 146 Å². The SMILES string of the molecule is Cc1c(C(=O)NCC(O)c2cccc(F)c2)sc2ncn(C)c(=O)c12. The van der Waals surface area contributed by atoms with Crippen molar-refractivity contribution in [3.8, 4) is 0 Å². The van der Waals surface area contributed by atoms with Crippen molar-refractivity contribution in [2.75, 3.05) is 6.54 Å². The molecule has 0 fully saturated rings. The van der Waals surface area contributed by atoms with Gasteiger partial charge in [-0.05, 0) is 30.2 Å². The number of hydrogen-bond acceptors (Lipinski definition) is 5. The second-order valence-corrected chi connectivity index (χ2v) is 6.68. The highest BCUT2D eigenvalue weighted by atomic mass is 32.1. The van der Waals surface area contributed by atoms with E-state index in [0.29, 0.717) is 26.2 Å². The number of carbonyl (C=O) groups excluding carboxylic acids is 1. The number of amides is 1. The monoisotopic (exact) mass is 361 g/mol. The summed E-state index contributed by atoms with van der Waals surface area (Å²) < 4.78 is 14.6. The van der Waals surface area contributed by atoms with Crippen molar-refractivity contribution >= 4 is 27.5 Å². The molecule has 0 aliphatic heterocycles. The zero-order chi connectivity index (χ0) is 18.1. The molecule has 130 valence electrons. The summed E-state index contributed by atoms with van der Waals surface area (Å²) in [6.45, 7) is 1.63. The first-order valence-corrected chi connectivity index (χ1v) is 8.36. The number of hydrogen-bond donors (Lipinski definition) is 2. The van der Waals surface area contributed by atoms with Gasteiger partial charge in [-0.1, -0.05) is 12.1 Å². The zero-order valence-corrected chi connectivity index (χ0v) is 14.4. The van der Waals surface area contributed by atoms with Crippen molar-refractivity contribution < 1.29 is 14.3 Å². The predicted octanol–water partition coefficient (Wildman–Crippen LogP) is 1.91. The number of aryl methyl sites for hydroxylation is 2. The third kappa shape index (κ3) is 3.31. The molecule has 0 saturated heterocycles. The van der Waals surface area contributed by atoms with Gasteiger partial charge in [0.15, 0.2) is 0 Å². The number of nitrogens with one attached hydrogen (secondary N) is 1. The molecule has 0 radical (unpaired) electrons. The number of aromatic nitrogens is 2. The van der Waals surface area contributed by atoms with E-state index in [2.05, 4.69) is 10.3 Å². The average molecular weight is 361 g/mol. The topological polar surface area (TPSA) is 84.2 Å². The van der Waals surface area contributed by atoms with Crippen LogP contribution in [0.4, 0.5) is 4.39 Å². The highest BCUT2D eigenvalue weighted by Gasteiger charge is 2.19. The summed E-state index contributed by atoms with van der Waals surface area (Å²) in [4.78, 5) is 29.6. The molecule has 2 N–H and O–H groups in total. The number of fused-ring (bicyclic) bond motifs is 1. The Morgan fingerprint density at radius 2 is 2.24 bits per heavy atom. The number of thiophene rings is 1. The Balaban J connectivity index is 1.80. The van der Waals surface area contributed by atoms with Crippen LogP contribution in [0.5, 0.6) is 0 Å². The minimum absolute atomic E-state index is 0.0680. The Hall–Kier alpha value is -2.58. The van der Waals surface area contributed by atoms with Crippen LogP contribution in [0.1, 0.15) is 26.9 Å². The smallest absolute Gasteiger partial charge is 0.262 e. The molecule has 3 rings (SSSR count). The Morgan fingerprint density at radius 1 is 1.48 bits per heavy atom. The highest BCUT2D eigenvalue weighted by Crippen LogP contribution is 2.26. The molecule has 1 unspecified atom stereocenters. The van der Waals surface area contributed by atoms with Crippen LogP contribution >= 0.6 is 11.3 Å². The van der Waals surface area contributed by atoms with E-state index in [1.165, 1.54) is 29.1 Å². The van der Waals surface area contributed by atoms with Gasteiger partial charge in [0.05, 0.1) is 22.7 Å². The number of halogens is 1. The van der Waals surface area contributed by atoms with Gasteiger partial charge in [0.25, 0.3) is 11.5 Å². The summed E-state index contributed by atoms with van der Waals surface area (Å²) in [6, 6.07) is 5.57. The van der Waals surface area contributed by atoms with Gasteiger partial charge >= 0.3 is 0 Å². The summed E-state index contributed by atoms with van der Waals surface area (Å²) in [5, 5.41) is 13.1. The van der Waals surface area contributed by atoms with E-state index in [4.69, 9.17) is 0 Å². The van der Waals surface area contributed by atoms with Crippen LogP contribution in [0.3, 0.4) is 0 Å². The average Bonchev–Trinajstić information content (AvgIpc) is 2.93. The molecule has 3 aromatic rings. The molecule has 1 amide bonds. The molecule has 8 heteroatoms. The van der Waals surface area contributed by atoms with Gasteiger partial charge in [-0.25, -0.2) is 9.37 Å². The van der Waals surface area contributed by atoms with Gasteiger partial charge in [-0.3, -0.25) is 9.59 Å². The molecule has 1 atom stereocenters.